The number of benzene rings is 2. The van der Waals surface area contributed by atoms with E-state index in [1.807, 2.05) is 0 Å². The second-order valence-electron chi connectivity index (χ2n) is 8.87. The van der Waals surface area contributed by atoms with Crippen LogP contribution >= 0.6 is 0 Å². The van der Waals surface area contributed by atoms with Gasteiger partial charge in [0, 0.05) is 23.8 Å². The molecule has 2 heterocycles. The van der Waals surface area contributed by atoms with Crippen molar-refractivity contribution in [1.82, 2.24) is 0 Å². The molecule has 0 saturated heterocycles. The third kappa shape index (κ3) is 6.21. The standard InChI is InChI=1S/C15H16O4.C12H18O2/c1-8-3-4-10-12(18-7-8)6-13-14(15(10)17)11(16)5-9(2)19-13;1-2-3-4-5-6-10-7-8-11(13)9-12(10)14/h5-6,8,17H,3-4,7H2,1-2H3;7-9,13-14H,2-6H2,1H3. The Labute approximate surface area is 194 Å². The maximum atomic E-state index is 12.0. The van der Waals surface area contributed by atoms with Crippen molar-refractivity contribution >= 4 is 11.0 Å². The van der Waals surface area contributed by atoms with Gasteiger partial charge >= 0.3 is 0 Å². The molecule has 2 aromatic carbocycles. The van der Waals surface area contributed by atoms with Crippen LogP contribution in [-0.4, -0.2) is 21.9 Å². The van der Waals surface area contributed by atoms with E-state index in [1.165, 1.54) is 31.4 Å². The van der Waals surface area contributed by atoms with E-state index in [0.29, 0.717) is 41.6 Å². The highest BCUT2D eigenvalue weighted by atomic mass is 16.5. The lowest BCUT2D eigenvalue weighted by Crippen LogP contribution is -2.05. The van der Waals surface area contributed by atoms with Crippen molar-refractivity contribution in [2.24, 2.45) is 5.92 Å². The van der Waals surface area contributed by atoms with Gasteiger partial charge in [-0.2, -0.15) is 0 Å². The lowest BCUT2D eigenvalue weighted by atomic mass is 10.00. The van der Waals surface area contributed by atoms with Gasteiger partial charge < -0.3 is 24.5 Å². The number of phenols is 3. The topological polar surface area (TPSA) is 100 Å². The van der Waals surface area contributed by atoms with E-state index in [1.54, 1.807) is 25.1 Å². The first-order chi connectivity index (χ1) is 15.8. The minimum absolute atomic E-state index is 0.00958. The van der Waals surface area contributed by atoms with Crippen LogP contribution in [0.15, 0.2) is 39.5 Å². The van der Waals surface area contributed by atoms with Crippen LogP contribution in [-0.2, 0) is 12.8 Å². The molecular weight excluding hydrogens is 420 g/mol. The molecule has 6 heteroatoms. The molecule has 1 atom stereocenters. The molecule has 1 aliphatic heterocycles. The van der Waals surface area contributed by atoms with E-state index in [2.05, 4.69) is 13.8 Å². The van der Waals surface area contributed by atoms with Crippen LogP contribution in [0.4, 0.5) is 0 Å². The molecule has 3 aromatic rings. The molecule has 1 unspecified atom stereocenters. The van der Waals surface area contributed by atoms with E-state index in [-0.39, 0.29) is 28.1 Å². The Bertz CT molecular complexity index is 1150. The molecule has 3 N–H and O–H groups in total. The SMILES string of the molecule is CCCCCCc1ccc(O)cc1O.Cc1cc(=O)c2c(O)c3c(cc2o1)OCC(C)CC3. The summed E-state index contributed by atoms with van der Waals surface area (Å²) < 4.78 is 11.2. The Morgan fingerprint density at radius 3 is 2.58 bits per heavy atom. The van der Waals surface area contributed by atoms with Gasteiger partial charge in [-0.3, -0.25) is 4.79 Å². The highest BCUT2D eigenvalue weighted by Gasteiger charge is 2.21. The first-order valence-corrected chi connectivity index (χ1v) is 11.7. The van der Waals surface area contributed by atoms with Crippen LogP contribution in [0.2, 0.25) is 0 Å². The normalized spacial score (nSPS) is 15.2. The van der Waals surface area contributed by atoms with Crippen LogP contribution in [0, 0.1) is 12.8 Å². The molecule has 6 nitrogen and oxygen atoms in total. The Morgan fingerprint density at radius 2 is 1.85 bits per heavy atom. The number of phenolic OH excluding ortho intramolecular Hbond substituents is 3. The molecule has 0 spiro atoms. The van der Waals surface area contributed by atoms with Crippen molar-refractivity contribution in [2.45, 2.75) is 65.7 Å². The second kappa shape index (κ2) is 11.1. The largest absolute Gasteiger partial charge is 0.508 e. The van der Waals surface area contributed by atoms with Crippen LogP contribution < -0.4 is 10.2 Å². The molecule has 4 rings (SSSR count). The Morgan fingerprint density at radius 1 is 1.06 bits per heavy atom. The number of hydrogen-bond donors (Lipinski definition) is 3. The van der Waals surface area contributed by atoms with Crippen molar-refractivity contribution in [1.29, 1.82) is 0 Å². The van der Waals surface area contributed by atoms with Crippen molar-refractivity contribution in [3.8, 4) is 23.0 Å². The van der Waals surface area contributed by atoms with Crippen LogP contribution in [0.5, 0.6) is 23.0 Å². The van der Waals surface area contributed by atoms with Gasteiger partial charge in [0.1, 0.15) is 39.7 Å². The lowest BCUT2D eigenvalue weighted by molar-refractivity contribution is 0.265. The third-order valence-corrected chi connectivity index (χ3v) is 5.96. The summed E-state index contributed by atoms with van der Waals surface area (Å²) in [5.41, 5.74) is 1.82. The molecule has 0 fully saturated rings. The zero-order valence-corrected chi connectivity index (χ0v) is 19.7. The van der Waals surface area contributed by atoms with Crippen LogP contribution in [0.1, 0.15) is 62.8 Å². The average molecular weight is 455 g/mol. The fraction of sp³-hybridized carbons (Fsp3) is 0.444. The van der Waals surface area contributed by atoms with E-state index in [0.717, 1.165) is 24.8 Å². The van der Waals surface area contributed by atoms with Crippen molar-refractivity contribution in [3.63, 3.8) is 0 Å². The monoisotopic (exact) mass is 454 g/mol. The maximum Gasteiger partial charge on any atom is 0.196 e. The first-order valence-electron chi connectivity index (χ1n) is 11.7. The molecule has 0 radical (unpaired) electrons. The van der Waals surface area contributed by atoms with Gasteiger partial charge in [0.2, 0.25) is 0 Å². The number of unbranched alkanes of at least 4 members (excludes halogenated alkanes) is 3. The van der Waals surface area contributed by atoms with Gasteiger partial charge in [-0.05, 0) is 50.2 Å². The van der Waals surface area contributed by atoms with E-state index < -0.39 is 0 Å². The summed E-state index contributed by atoms with van der Waals surface area (Å²) in [5.74, 6) is 1.93. The average Bonchev–Trinajstić information content (AvgIpc) is 2.94. The van der Waals surface area contributed by atoms with Gasteiger partial charge in [-0.1, -0.05) is 39.2 Å². The van der Waals surface area contributed by atoms with E-state index in [4.69, 9.17) is 14.3 Å². The van der Waals surface area contributed by atoms with Crippen molar-refractivity contribution in [3.05, 3.63) is 57.4 Å². The summed E-state index contributed by atoms with van der Waals surface area (Å²) >= 11 is 0. The van der Waals surface area contributed by atoms with Crippen molar-refractivity contribution < 1.29 is 24.5 Å². The number of fused-ring (bicyclic) bond motifs is 2. The van der Waals surface area contributed by atoms with Gasteiger partial charge in [-0.15, -0.1) is 0 Å². The highest BCUT2D eigenvalue weighted by Crippen LogP contribution is 2.38. The predicted molar refractivity (Wildman–Crippen MR) is 129 cm³/mol. The number of hydrogen-bond acceptors (Lipinski definition) is 6. The fourth-order valence-corrected chi connectivity index (χ4v) is 4.02. The van der Waals surface area contributed by atoms with Crippen molar-refractivity contribution in [2.75, 3.05) is 6.61 Å². The zero-order valence-electron chi connectivity index (χ0n) is 19.7. The number of ether oxygens (including phenoxy) is 1. The van der Waals surface area contributed by atoms with Gasteiger partial charge in [0.15, 0.2) is 5.43 Å². The van der Waals surface area contributed by atoms with E-state index in [9.17, 15) is 15.0 Å². The molecule has 33 heavy (non-hydrogen) atoms. The summed E-state index contributed by atoms with van der Waals surface area (Å²) in [6.07, 6.45) is 7.32. The smallest absolute Gasteiger partial charge is 0.196 e. The Balaban J connectivity index is 0.000000196. The van der Waals surface area contributed by atoms with Gasteiger partial charge in [0.05, 0.1) is 6.61 Å². The van der Waals surface area contributed by atoms with Crippen LogP contribution in [0.25, 0.3) is 11.0 Å². The lowest BCUT2D eigenvalue weighted by Gasteiger charge is -2.11. The molecule has 1 aromatic heterocycles. The van der Waals surface area contributed by atoms with Gasteiger partial charge in [0.25, 0.3) is 0 Å². The maximum absolute atomic E-state index is 12.0. The number of rotatable bonds is 5. The first kappa shape index (κ1) is 24.5. The Kier molecular flexibility index (Phi) is 8.26. The summed E-state index contributed by atoms with van der Waals surface area (Å²) in [4.78, 5) is 12.0. The third-order valence-electron chi connectivity index (χ3n) is 5.96. The number of aryl methyl sites for hydroxylation is 2. The molecular formula is C27H34O6. The summed E-state index contributed by atoms with van der Waals surface area (Å²) in [6, 6.07) is 7.92. The number of aromatic hydroxyl groups is 3. The molecule has 0 aliphatic carbocycles. The molecule has 0 bridgehead atoms. The minimum Gasteiger partial charge on any atom is -0.508 e. The van der Waals surface area contributed by atoms with Crippen LogP contribution in [0.3, 0.4) is 0 Å². The molecule has 0 amide bonds. The second-order valence-corrected chi connectivity index (χ2v) is 8.87. The summed E-state index contributed by atoms with van der Waals surface area (Å²) in [7, 11) is 0. The molecule has 178 valence electrons. The predicted octanol–water partition coefficient (Wildman–Crippen LogP) is 5.99. The summed E-state index contributed by atoms with van der Waals surface area (Å²) in [5, 5.41) is 29.2. The molecule has 1 aliphatic rings. The summed E-state index contributed by atoms with van der Waals surface area (Å²) in [6.45, 7) is 6.62. The minimum atomic E-state index is -0.212. The fourth-order valence-electron chi connectivity index (χ4n) is 4.02. The quantitative estimate of drug-likeness (QED) is 0.410. The molecule has 0 saturated carbocycles. The highest BCUT2D eigenvalue weighted by molar-refractivity contribution is 5.86. The Hall–Kier alpha value is -3.15. The van der Waals surface area contributed by atoms with E-state index >= 15 is 0 Å². The van der Waals surface area contributed by atoms with Gasteiger partial charge in [-0.25, -0.2) is 0 Å². The zero-order chi connectivity index (χ0) is 24.0.